The summed E-state index contributed by atoms with van der Waals surface area (Å²) < 4.78 is 0. The van der Waals surface area contributed by atoms with E-state index in [-0.39, 0.29) is 11.5 Å². The van der Waals surface area contributed by atoms with Crippen LogP contribution < -0.4 is 0 Å². The maximum absolute atomic E-state index is 9.00. The van der Waals surface area contributed by atoms with E-state index >= 15 is 0 Å². The summed E-state index contributed by atoms with van der Waals surface area (Å²) in [6, 6.07) is 0. The van der Waals surface area contributed by atoms with Crippen molar-refractivity contribution in [2.45, 2.75) is 46.6 Å². The van der Waals surface area contributed by atoms with E-state index in [1.807, 2.05) is 6.08 Å². The van der Waals surface area contributed by atoms with Crippen molar-refractivity contribution in [1.29, 1.82) is 0 Å². The summed E-state index contributed by atoms with van der Waals surface area (Å²) in [7, 11) is 0. The van der Waals surface area contributed by atoms with Gasteiger partial charge in [-0.15, -0.1) is 0 Å². The van der Waals surface area contributed by atoms with Gasteiger partial charge in [-0.1, -0.05) is 39.3 Å². The highest BCUT2D eigenvalue weighted by Crippen LogP contribution is 2.23. The summed E-state index contributed by atoms with van der Waals surface area (Å²) in [6.07, 6.45) is 6.01. The molecule has 0 aromatic carbocycles. The highest BCUT2D eigenvalue weighted by molar-refractivity contribution is 4.96. The Hall–Kier alpha value is -0.300. The quantitative estimate of drug-likeness (QED) is 0.620. The molecule has 0 heterocycles. The van der Waals surface area contributed by atoms with E-state index in [9.17, 15) is 0 Å². The minimum atomic E-state index is -0.314. The van der Waals surface area contributed by atoms with E-state index in [4.69, 9.17) is 5.11 Å². The van der Waals surface area contributed by atoms with Crippen LogP contribution in [0.25, 0.3) is 0 Å². The van der Waals surface area contributed by atoms with Crippen LogP contribution in [0.2, 0.25) is 0 Å². The summed E-state index contributed by atoms with van der Waals surface area (Å²) in [6.45, 7) is 8.33. The first-order chi connectivity index (χ1) is 4.98. The molecule has 0 amide bonds. The lowest BCUT2D eigenvalue weighted by Gasteiger charge is -2.18. The third-order valence-corrected chi connectivity index (χ3v) is 1.72. The molecule has 0 aromatic heterocycles. The molecule has 1 atom stereocenters. The number of hydrogen-bond donors (Lipinski definition) is 1. The van der Waals surface area contributed by atoms with Crippen molar-refractivity contribution in [1.82, 2.24) is 0 Å². The molecule has 0 fully saturated rings. The minimum Gasteiger partial charge on any atom is -0.389 e. The van der Waals surface area contributed by atoms with Gasteiger partial charge in [-0.05, 0) is 18.8 Å². The van der Waals surface area contributed by atoms with E-state index < -0.39 is 0 Å². The van der Waals surface area contributed by atoms with E-state index in [1.165, 1.54) is 12.8 Å². The standard InChI is InChI=1S/C10H20O/c1-5-7-10(3,4)8-6-9(2)11/h6,8-9,11H,5,7H2,1-4H3/b8-6+. The fourth-order valence-corrected chi connectivity index (χ4v) is 1.13. The Kier molecular flexibility index (Phi) is 4.43. The van der Waals surface area contributed by atoms with Crippen LogP contribution in [-0.4, -0.2) is 11.2 Å². The lowest BCUT2D eigenvalue weighted by atomic mass is 9.87. The number of aliphatic hydroxyl groups excluding tert-OH is 1. The van der Waals surface area contributed by atoms with Crippen molar-refractivity contribution in [3.05, 3.63) is 12.2 Å². The zero-order chi connectivity index (χ0) is 8.91. The average molecular weight is 156 g/mol. The lowest BCUT2D eigenvalue weighted by molar-refractivity contribution is 0.242. The molecule has 0 rings (SSSR count). The molecule has 0 bridgehead atoms. The van der Waals surface area contributed by atoms with Gasteiger partial charge in [0.05, 0.1) is 6.10 Å². The molecule has 1 heteroatoms. The van der Waals surface area contributed by atoms with Gasteiger partial charge in [-0.2, -0.15) is 0 Å². The van der Waals surface area contributed by atoms with E-state index in [2.05, 4.69) is 26.8 Å². The van der Waals surface area contributed by atoms with Crippen molar-refractivity contribution in [2.24, 2.45) is 5.41 Å². The van der Waals surface area contributed by atoms with Gasteiger partial charge in [0.25, 0.3) is 0 Å². The molecule has 1 N–H and O–H groups in total. The monoisotopic (exact) mass is 156 g/mol. The van der Waals surface area contributed by atoms with Gasteiger partial charge in [-0.25, -0.2) is 0 Å². The van der Waals surface area contributed by atoms with Gasteiger partial charge in [0.1, 0.15) is 0 Å². The number of hydrogen-bond acceptors (Lipinski definition) is 1. The second-order valence-corrected chi connectivity index (χ2v) is 3.84. The molecule has 0 spiro atoms. The summed E-state index contributed by atoms with van der Waals surface area (Å²) in [5.41, 5.74) is 0.242. The van der Waals surface area contributed by atoms with Gasteiger partial charge >= 0.3 is 0 Å². The highest BCUT2D eigenvalue weighted by atomic mass is 16.3. The van der Waals surface area contributed by atoms with Crippen molar-refractivity contribution in [2.75, 3.05) is 0 Å². The summed E-state index contributed by atoms with van der Waals surface area (Å²) >= 11 is 0. The molecular weight excluding hydrogens is 136 g/mol. The van der Waals surface area contributed by atoms with Gasteiger partial charge in [0, 0.05) is 0 Å². The first-order valence-electron chi connectivity index (χ1n) is 4.35. The zero-order valence-corrected chi connectivity index (χ0v) is 8.09. The summed E-state index contributed by atoms with van der Waals surface area (Å²) in [5.74, 6) is 0. The first kappa shape index (κ1) is 10.7. The molecule has 0 saturated heterocycles. The first-order valence-corrected chi connectivity index (χ1v) is 4.35. The topological polar surface area (TPSA) is 20.2 Å². The van der Waals surface area contributed by atoms with Crippen LogP contribution in [-0.2, 0) is 0 Å². The molecule has 0 aliphatic carbocycles. The molecule has 1 unspecified atom stereocenters. The second-order valence-electron chi connectivity index (χ2n) is 3.84. The third-order valence-electron chi connectivity index (χ3n) is 1.72. The van der Waals surface area contributed by atoms with Crippen molar-refractivity contribution in [3.8, 4) is 0 Å². The van der Waals surface area contributed by atoms with Gasteiger partial charge in [0.15, 0.2) is 0 Å². The van der Waals surface area contributed by atoms with E-state index in [1.54, 1.807) is 6.92 Å². The highest BCUT2D eigenvalue weighted by Gasteiger charge is 2.11. The minimum absolute atomic E-state index is 0.242. The number of allylic oxidation sites excluding steroid dienone is 1. The van der Waals surface area contributed by atoms with Crippen molar-refractivity contribution < 1.29 is 5.11 Å². The summed E-state index contributed by atoms with van der Waals surface area (Å²) in [4.78, 5) is 0. The molecule has 0 radical (unpaired) electrons. The molecule has 0 saturated carbocycles. The van der Waals surface area contributed by atoms with E-state index in [0.29, 0.717) is 0 Å². The fourth-order valence-electron chi connectivity index (χ4n) is 1.13. The Bertz CT molecular complexity index is 123. The molecule has 11 heavy (non-hydrogen) atoms. The Morgan fingerprint density at radius 3 is 2.36 bits per heavy atom. The fraction of sp³-hybridized carbons (Fsp3) is 0.800. The van der Waals surface area contributed by atoms with Gasteiger partial charge < -0.3 is 5.11 Å². The predicted octanol–water partition coefficient (Wildman–Crippen LogP) is 2.75. The maximum Gasteiger partial charge on any atom is 0.0692 e. The number of rotatable bonds is 4. The lowest BCUT2D eigenvalue weighted by Crippen LogP contribution is -2.07. The second kappa shape index (κ2) is 4.55. The van der Waals surface area contributed by atoms with Crippen LogP contribution in [0.15, 0.2) is 12.2 Å². The molecular formula is C10H20O. The van der Waals surface area contributed by atoms with Gasteiger partial charge in [0.2, 0.25) is 0 Å². The predicted molar refractivity (Wildman–Crippen MR) is 49.5 cm³/mol. The molecule has 1 nitrogen and oxygen atoms in total. The third kappa shape index (κ3) is 6.11. The smallest absolute Gasteiger partial charge is 0.0692 e. The van der Waals surface area contributed by atoms with E-state index in [0.717, 1.165) is 0 Å². The summed E-state index contributed by atoms with van der Waals surface area (Å²) in [5, 5.41) is 9.00. The SMILES string of the molecule is CCCC(C)(C)/C=C/C(C)O. The van der Waals surface area contributed by atoms with Crippen LogP contribution in [0.4, 0.5) is 0 Å². The van der Waals surface area contributed by atoms with Crippen LogP contribution in [0, 0.1) is 5.41 Å². The number of aliphatic hydroxyl groups is 1. The Morgan fingerprint density at radius 1 is 1.45 bits per heavy atom. The largest absolute Gasteiger partial charge is 0.389 e. The average Bonchev–Trinajstić information content (AvgIpc) is 1.84. The molecule has 66 valence electrons. The Balaban J connectivity index is 3.89. The maximum atomic E-state index is 9.00. The Morgan fingerprint density at radius 2 is 2.00 bits per heavy atom. The van der Waals surface area contributed by atoms with Crippen LogP contribution in [0.5, 0.6) is 0 Å². The van der Waals surface area contributed by atoms with Crippen LogP contribution in [0.3, 0.4) is 0 Å². The van der Waals surface area contributed by atoms with Gasteiger partial charge in [-0.3, -0.25) is 0 Å². The van der Waals surface area contributed by atoms with Crippen molar-refractivity contribution >= 4 is 0 Å². The van der Waals surface area contributed by atoms with Crippen LogP contribution in [0.1, 0.15) is 40.5 Å². The molecule has 0 aliphatic heterocycles. The molecule has 0 aromatic rings. The molecule has 0 aliphatic rings. The van der Waals surface area contributed by atoms with Crippen LogP contribution >= 0.6 is 0 Å². The zero-order valence-electron chi connectivity index (χ0n) is 8.09. The van der Waals surface area contributed by atoms with Crippen molar-refractivity contribution in [3.63, 3.8) is 0 Å². The Labute approximate surface area is 70.1 Å². The normalized spacial score (nSPS) is 15.7.